The molecule has 0 fully saturated rings. The zero-order chi connectivity index (χ0) is 23.5. The van der Waals surface area contributed by atoms with Crippen molar-refractivity contribution < 1.29 is 18.3 Å². The molecule has 5 rings (SSSR count). The molecule has 6 nitrogen and oxygen atoms in total. The SMILES string of the molecule is O=C(Nc1cc(-c2nnc3n2CCCCC3)c(F)cc1F)c1ccccc1Oc1ccccc1. The quantitative estimate of drug-likeness (QED) is 0.397. The van der Waals surface area contributed by atoms with Crippen molar-refractivity contribution in [3.63, 3.8) is 0 Å². The summed E-state index contributed by atoms with van der Waals surface area (Å²) in [6.45, 7) is 0.667. The number of amides is 1. The van der Waals surface area contributed by atoms with E-state index in [4.69, 9.17) is 4.74 Å². The minimum absolute atomic E-state index is 0.0890. The van der Waals surface area contributed by atoms with Crippen molar-refractivity contribution in [1.29, 1.82) is 0 Å². The fraction of sp³-hybridized carbons (Fsp3) is 0.192. The van der Waals surface area contributed by atoms with E-state index >= 15 is 0 Å². The molecule has 1 N–H and O–H groups in total. The van der Waals surface area contributed by atoms with Gasteiger partial charge in [-0.25, -0.2) is 8.78 Å². The fourth-order valence-electron chi connectivity index (χ4n) is 4.05. The molecule has 1 aliphatic rings. The molecule has 1 amide bonds. The van der Waals surface area contributed by atoms with E-state index in [1.165, 1.54) is 6.07 Å². The third-order valence-electron chi connectivity index (χ3n) is 5.76. The third kappa shape index (κ3) is 4.39. The van der Waals surface area contributed by atoms with Gasteiger partial charge in [0.2, 0.25) is 0 Å². The number of fused-ring (bicyclic) bond motifs is 1. The summed E-state index contributed by atoms with van der Waals surface area (Å²) < 4.78 is 37.2. The van der Waals surface area contributed by atoms with Crippen LogP contribution in [0.15, 0.2) is 66.7 Å². The molecule has 0 saturated heterocycles. The summed E-state index contributed by atoms with van der Waals surface area (Å²) >= 11 is 0. The van der Waals surface area contributed by atoms with Gasteiger partial charge in [0.15, 0.2) is 5.82 Å². The highest BCUT2D eigenvalue weighted by molar-refractivity contribution is 6.06. The number of rotatable bonds is 5. The molecule has 1 aromatic heterocycles. The Morgan fingerprint density at radius 2 is 1.71 bits per heavy atom. The number of hydrogen-bond acceptors (Lipinski definition) is 4. The molecule has 0 radical (unpaired) electrons. The van der Waals surface area contributed by atoms with Crippen LogP contribution in [0.1, 0.15) is 35.4 Å². The van der Waals surface area contributed by atoms with E-state index in [0.717, 1.165) is 37.6 Å². The highest BCUT2D eigenvalue weighted by atomic mass is 19.1. The Morgan fingerprint density at radius 3 is 2.56 bits per heavy atom. The summed E-state index contributed by atoms with van der Waals surface area (Å²) in [5.41, 5.74) is 0.154. The lowest BCUT2D eigenvalue weighted by atomic mass is 10.1. The van der Waals surface area contributed by atoms with Crippen LogP contribution in [0.25, 0.3) is 11.4 Å². The molecule has 1 aliphatic heterocycles. The Kier molecular flexibility index (Phi) is 6.03. The molecular weight excluding hydrogens is 438 g/mol. The molecule has 0 atom stereocenters. The van der Waals surface area contributed by atoms with Crippen LogP contribution in [0, 0.1) is 11.6 Å². The van der Waals surface area contributed by atoms with Crippen molar-refractivity contribution in [1.82, 2.24) is 14.8 Å². The van der Waals surface area contributed by atoms with Crippen molar-refractivity contribution in [2.24, 2.45) is 0 Å². The van der Waals surface area contributed by atoms with Gasteiger partial charge in [0.1, 0.15) is 29.0 Å². The summed E-state index contributed by atoms with van der Waals surface area (Å²) in [5.74, 6) is -0.230. The molecule has 8 heteroatoms. The van der Waals surface area contributed by atoms with Crippen LogP contribution < -0.4 is 10.1 Å². The lowest BCUT2D eigenvalue weighted by Gasteiger charge is -2.13. The van der Waals surface area contributed by atoms with Crippen molar-refractivity contribution >= 4 is 11.6 Å². The van der Waals surface area contributed by atoms with E-state index in [1.54, 1.807) is 36.4 Å². The average molecular weight is 460 g/mol. The summed E-state index contributed by atoms with van der Waals surface area (Å²) in [7, 11) is 0. The van der Waals surface area contributed by atoms with E-state index in [0.29, 0.717) is 23.9 Å². The number of ether oxygens (including phenoxy) is 1. The normalized spacial score (nSPS) is 13.1. The Hall–Kier alpha value is -4.07. The highest BCUT2D eigenvalue weighted by Crippen LogP contribution is 2.31. The number of carbonyl (C=O) groups excluding carboxylic acids is 1. The van der Waals surface area contributed by atoms with Crippen LogP contribution in [0.5, 0.6) is 11.5 Å². The van der Waals surface area contributed by atoms with Gasteiger partial charge in [-0.15, -0.1) is 10.2 Å². The first-order chi connectivity index (χ1) is 16.6. The van der Waals surface area contributed by atoms with Crippen molar-refractivity contribution in [3.8, 4) is 22.9 Å². The van der Waals surface area contributed by atoms with Crippen molar-refractivity contribution in [2.75, 3.05) is 5.32 Å². The largest absolute Gasteiger partial charge is 0.457 e. The number of benzene rings is 3. The van der Waals surface area contributed by atoms with Crippen LogP contribution in [-0.2, 0) is 13.0 Å². The molecule has 2 heterocycles. The summed E-state index contributed by atoms with van der Waals surface area (Å²) in [6, 6.07) is 17.7. The van der Waals surface area contributed by atoms with Gasteiger partial charge in [0.05, 0.1) is 16.8 Å². The zero-order valence-electron chi connectivity index (χ0n) is 18.3. The smallest absolute Gasteiger partial charge is 0.259 e. The lowest BCUT2D eigenvalue weighted by Crippen LogP contribution is -2.14. The van der Waals surface area contributed by atoms with Crippen molar-refractivity contribution in [2.45, 2.75) is 32.2 Å². The van der Waals surface area contributed by atoms with E-state index in [2.05, 4.69) is 15.5 Å². The molecular formula is C26H22F2N4O2. The lowest BCUT2D eigenvalue weighted by molar-refractivity contribution is 0.102. The molecule has 34 heavy (non-hydrogen) atoms. The second-order valence-corrected chi connectivity index (χ2v) is 8.08. The number of anilines is 1. The summed E-state index contributed by atoms with van der Waals surface area (Å²) in [5, 5.41) is 10.9. The van der Waals surface area contributed by atoms with E-state index in [1.807, 2.05) is 22.8 Å². The maximum atomic E-state index is 14.8. The molecule has 4 aromatic rings. The third-order valence-corrected chi connectivity index (χ3v) is 5.76. The van der Waals surface area contributed by atoms with Gasteiger partial charge < -0.3 is 14.6 Å². The molecule has 3 aromatic carbocycles. The maximum absolute atomic E-state index is 14.8. The van der Waals surface area contributed by atoms with Gasteiger partial charge in [-0.2, -0.15) is 0 Å². The molecule has 0 bridgehead atoms. The minimum Gasteiger partial charge on any atom is -0.457 e. The molecule has 0 saturated carbocycles. The zero-order valence-corrected chi connectivity index (χ0v) is 18.3. The van der Waals surface area contributed by atoms with Gasteiger partial charge in [-0.3, -0.25) is 4.79 Å². The van der Waals surface area contributed by atoms with E-state index in [-0.39, 0.29) is 16.8 Å². The van der Waals surface area contributed by atoms with Crippen LogP contribution >= 0.6 is 0 Å². The summed E-state index contributed by atoms with van der Waals surface area (Å²) in [6.07, 6.45) is 3.75. The number of nitrogens with zero attached hydrogens (tertiary/aromatic N) is 3. The van der Waals surface area contributed by atoms with Gasteiger partial charge in [-0.1, -0.05) is 36.8 Å². The predicted molar refractivity (Wildman–Crippen MR) is 124 cm³/mol. The van der Waals surface area contributed by atoms with E-state index in [9.17, 15) is 13.6 Å². The Balaban J connectivity index is 1.45. The topological polar surface area (TPSA) is 69.0 Å². The van der Waals surface area contributed by atoms with Crippen molar-refractivity contribution in [3.05, 3.63) is 89.8 Å². The number of para-hydroxylation sites is 2. The van der Waals surface area contributed by atoms with Gasteiger partial charge in [0, 0.05) is 19.0 Å². The van der Waals surface area contributed by atoms with Gasteiger partial charge >= 0.3 is 0 Å². The molecule has 0 spiro atoms. The molecule has 0 aliphatic carbocycles. The first-order valence-corrected chi connectivity index (χ1v) is 11.1. The standard InChI is InChI=1S/C26H22F2N4O2/c27-20-16-21(28)22(15-19(20)25-31-30-24-13-5-2-8-14-32(24)25)29-26(33)18-11-6-7-12-23(18)34-17-9-3-1-4-10-17/h1,3-4,6-7,9-12,15-16H,2,5,8,13-14H2,(H,29,33). The average Bonchev–Trinajstić information content (AvgIpc) is 3.09. The first kappa shape index (κ1) is 21.8. The number of aromatic nitrogens is 3. The second-order valence-electron chi connectivity index (χ2n) is 8.08. The van der Waals surface area contributed by atoms with Gasteiger partial charge in [-0.05, 0) is 43.2 Å². The van der Waals surface area contributed by atoms with Crippen LogP contribution in [0.3, 0.4) is 0 Å². The summed E-state index contributed by atoms with van der Waals surface area (Å²) in [4.78, 5) is 13.1. The maximum Gasteiger partial charge on any atom is 0.259 e. The first-order valence-electron chi connectivity index (χ1n) is 11.1. The fourth-order valence-corrected chi connectivity index (χ4v) is 4.05. The minimum atomic E-state index is -0.883. The molecule has 172 valence electrons. The Morgan fingerprint density at radius 1 is 0.912 bits per heavy atom. The van der Waals surface area contributed by atoms with Gasteiger partial charge in [0.25, 0.3) is 5.91 Å². The van der Waals surface area contributed by atoms with E-state index < -0.39 is 17.5 Å². The van der Waals surface area contributed by atoms with Crippen LogP contribution in [0.2, 0.25) is 0 Å². The number of carbonyl (C=O) groups is 1. The van der Waals surface area contributed by atoms with Crippen LogP contribution in [-0.4, -0.2) is 20.7 Å². The molecule has 0 unspecified atom stereocenters. The number of nitrogens with one attached hydrogen (secondary N) is 1. The Bertz CT molecular complexity index is 1340. The highest BCUT2D eigenvalue weighted by Gasteiger charge is 2.22. The predicted octanol–water partition coefficient (Wildman–Crippen LogP) is 5.99. The second kappa shape index (κ2) is 9.43. The number of halogens is 2. The Labute approximate surface area is 195 Å². The monoisotopic (exact) mass is 460 g/mol. The van der Waals surface area contributed by atoms with Crippen LogP contribution in [0.4, 0.5) is 14.5 Å². The number of aryl methyl sites for hydroxylation is 1. The number of hydrogen-bond donors (Lipinski definition) is 1.